The van der Waals surface area contributed by atoms with Gasteiger partial charge in [-0.2, -0.15) is 5.26 Å². The predicted molar refractivity (Wildman–Crippen MR) is 81.0 cm³/mol. The van der Waals surface area contributed by atoms with Crippen molar-refractivity contribution in [1.29, 1.82) is 5.26 Å². The van der Waals surface area contributed by atoms with Gasteiger partial charge in [-0.1, -0.05) is 12.1 Å². The van der Waals surface area contributed by atoms with E-state index in [9.17, 15) is 18.5 Å². The molecule has 114 valence electrons. The number of anilines is 1. The highest BCUT2D eigenvalue weighted by molar-refractivity contribution is 8.13. The SMILES string of the molecule is N#Cc1oc2ccccc2c1N1CC(CS(=O)(=O)Cl)CC1=O. The Morgan fingerprint density at radius 1 is 1.41 bits per heavy atom. The molecule has 1 fully saturated rings. The number of hydrogen-bond donors (Lipinski definition) is 0. The summed E-state index contributed by atoms with van der Waals surface area (Å²) < 4.78 is 27.8. The second-order valence-corrected chi connectivity index (χ2v) is 7.99. The van der Waals surface area contributed by atoms with E-state index in [-0.39, 0.29) is 30.4 Å². The molecule has 0 saturated carbocycles. The number of fused-ring (bicyclic) bond motifs is 1. The minimum Gasteiger partial charge on any atom is -0.443 e. The number of rotatable bonds is 3. The van der Waals surface area contributed by atoms with Crippen LogP contribution in [-0.4, -0.2) is 26.6 Å². The van der Waals surface area contributed by atoms with Crippen molar-refractivity contribution < 1.29 is 17.6 Å². The first-order valence-electron chi connectivity index (χ1n) is 6.53. The van der Waals surface area contributed by atoms with Crippen LogP contribution in [0.2, 0.25) is 0 Å². The zero-order chi connectivity index (χ0) is 15.9. The maximum absolute atomic E-state index is 12.2. The Hall–Kier alpha value is -2.04. The van der Waals surface area contributed by atoms with E-state index in [1.54, 1.807) is 24.3 Å². The fourth-order valence-corrected chi connectivity index (χ4v) is 4.09. The van der Waals surface area contributed by atoms with Gasteiger partial charge < -0.3 is 9.32 Å². The lowest BCUT2D eigenvalue weighted by Gasteiger charge is -2.15. The third-order valence-corrected chi connectivity index (χ3v) is 4.83. The van der Waals surface area contributed by atoms with Gasteiger partial charge in [-0.05, 0) is 12.1 Å². The number of para-hydroxylation sites is 1. The Kier molecular flexibility index (Phi) is 3.59. The van der Waals surface area contributed by atoms with Crippen LogP contribution < -0.4 is 4.90 Å². The van der Waals surface area contributed by atoms with Gasteiger partial charge in [0.1, 0.15) is 17.3 Å². The maximum atomic E-state index is 12.2. The summed E-state index contributed by atoms with van der Waals surface area (Å²) in [5.41, 5.74) is 0.910. The second kappa shape index (κ2) is 5.30. The quantitative estimate of drug-likeness (QED) is 0.800. The van der Waals surface area contributed by atoms with Gasteiger partial charge in [-0.25, -0.2) is 8.42 Å². The molecule has 1 saturated heterocycles. The first-order valence-corrected chi connectivity index (χ1v) is 9.01. The summed E-state index contributed by atoms with van der Waals surface area (Å²) in [6, 6.07) is 8.96. The van der Waals surface area contributed by atoms with E-state index >= 15 is 0 Å². The second-order valence-electron chi connectivity index (χ2n) is 5.17. The number of halogens is 1. The molecule has 1 aliphatic heterocycles. The third kappa shape index (κ3) is 2.67. The molecule has 0 spiro atoms. The van der Waals surface area contributed by atoms with Crippen LogP contribution in [0.1, 0.15) is 12.2 Å². The molecular weight excluding hydrogens is 328 g/mol. The zero-order valence-corrected chi connectivity index (χ0v) is 12.9. The lowest BCUT2D eigenvalue weighted by molar-refractivity contribution is -0.117. The van der Waals surface area contributed by atoms with Crippen molar-refractivity contribution in [2.24, 2.45) is 5.92 Å². The molecule has 1 atom stereocenters. The lowest BCUT2D eigenvalue weighted by atomic mass is 10.1. The van der Waals surface area contributed by atoms with Crippen LogP contribution >= 0.6 is 10.7 Å². The highest BCUT2D eigenvalue weighted by atomic mass is 35.7. The number of amides is 1. The molecule has 0 aliphatic carbocycles. The molecule has 1 aliphatic rings. The van der Waals surface area contributed by atoms with Crippen molar-refractivity contribution in [2.45, 2.75) is 6.42 Å². The largest absolute Gasteiger partial charge is 0.443 e. The van der Waals surface area contributed by atoms with Crippen LogP contribution in [0.25, 0.3) is 11.0 Å². The Balaban J connectivity index is 2.01. The molecule has 0 radical (unpaired) electrons. The summed E-state index contributed by atoms with van der Waals surface area (Å²) in [4.78, 5) is 13.6. The summed E-state index contributed by atoms with van der Waals surface area (Å²) in [5.74, 6) is -0.860. The molecule has 1 aromatic carbocycles. The summed E-state index contributed by atoms with van der Waals surface area (Å²) in [6.45, 7) is 0.197. The summed E-state index contributed by atoms with van der Waals surface area (Å²) in [6.07, 6.45) is 0.0797. The van der Waals surface area contributed by atoms with Gasteiger partial charge in [0.05, 0.1) is 5.75 Å². The summed E-state index contributed by atoms with van der Waals surface area (Å²) >= 11 is 0. The van der Waals surface area contributed by atoms with E-state index in [0.29, 0.717) is 16.7 Å². The fourth-order valence-electron chi connectivity index (χ4n) is 2.77. The first kappa shape index (κ1) is 14.9. The zero-order valence-electron chi connectivity index (χ0n) is 11.3. The van der Waals surface area contributed by atoms with Gasteiger partial charge in [0, 0.05) is 35.0 Å². The van der Waals surface area contributed by atoms with Crippen LogP contribution in [0.4, 0.5) is 5.69 Å². The maximum Gasteiger partial charge on any atom is 0.232 e. The number of carbonyl (C=O) groups is 1. The molecular formula is C14H11ClN2O4S. The predicted octanol–water partition coefficient (Wildman–Crippen LogP) is 2.23. The van der Waals surface area contributed by atoms with Crippen molar-refractivity contribution in [3.8, 4) is 6.07 Å². The van der Waals surface area contributed by atoms with Gasteiger partial charge in [0.2, 0.25) is 20.7 Å². The lowest BCUT2D eigenvalue weighted by Crippen LogP contribution is -2.25. The number of furan rings is 1. The van der Waals surface area contributed by atoms with E-state index in [2.05, 4.69) is 0 Å². The van der Waals surface area contributed by atoms with Gasteiger partial charge >= 0.3 is 0 Å². The molecule has 0 N–H and O–H groups in total. The number of carbonyl (C=O) groups excluding carboxylic acids is 1. The molecule has 1 aromatic heterocycles. The van der Waals surface area contributed by atoms with Crippen LogP contribution in [0.15, 0.2) is 28.7 Å². The Morgan fingerprint density at radius 3 is 2.82 bits per heavy atom. The van der Waals surface area contributed by atoms with Crippen LogP contribution in [0.3, 0.4) is 0 Å². The summed E-state index contributed by atoms with van der Waals surface area (Å²) in [5, 5.41) is 9.87. The molecule has 1 amide bonds. The van der Waals surface area contributed by atoms with Crippen LogP contribution in [0.5, 0.6) is 0 Å². The molecule has 0 bridgehead atoms. The van der Waals surface area contributed by atoms with Crippen molar-refractivity contribution >= 4 is 42.3 Å². The van der Waals surface area contributed by atoms with Crippen molar-refractivity contribution in [2.75, 3.05) is 17.2 Å². The molecule has 8 heteroatoms. The normalized spacial score (nSPS) is 18.8. The van der Waals surface area contributed by atoms with Gasteiger partial charge in [-0.3, -0.25) is 4.79 Å². The van der Waals surface area contributed by atoms with E-state index in [1.165, 1.54) is 4.90 Å². The summed E-state index contributed by atoms with van der Waals surface area (Å²) in [7, 11) is 1.58. The van der Waals surface area contributed by atoms with E-state index in [0.717, 1.165) is 0 Å². The molecule has 2 aromatic rings. The first-order chi connectivity index (χ1) is 10.4. The molecule has 1 unspecified atom stereocenters. The Labute approximate surface area is 131 Å². The number of hydrogen-bond acceptors (Lipinski definition) is 5. The van der Waals surface area contributed by atoms with Crippen molar-refractivity contribution in [1.82, 2.24) is 0 Å². The number of benzene rings is 1. The molecule has 22 heavy (non-hydrogen) atoms. The van der Waals surface area contributed by atoms with Gasteiger partial charge in [0.25, 0.3) is 0 Å². The topological polar surface area (TPSA) is 91.4 Å². The fraction of sp³-hybridized carbons (Fsp3) is 0.286. The van der Waals surface area contributed by atoms with Crippen LogP contribution in [0, 0.1) is 17.2 Å². The van der Waals surface area contributed by atoms with E-state index < -0.39 is 15.0 Å². The van der Waals surface area contributed by atoms with Crippen molar-refractivity contribution in [3.63, 3.8) is 0 Å². The highest BCUT2D eigenvalue weighted by Crippen LogP contribution is 2.37. The number of nitrogens with zero attached hydrogens (tertiary/aromatic N) is 2. The molecule has 6 nitrogen and oxygen atoms in total. The molecule has 2 heterocycles. The average molecular weight is 339 g/mol. The van der Waals surface area contributed by atoms with Gasteiger partial charge in [-0.15, -0.1) is 0 Å². The minimum atomic E-state index is -3.68. The van der Waals surface area contributed by atoms with Crippen LogP contribution in [-0.2, 0) is 13.8 Å². The van der Waals surface area contributed by atoms with Crippen molar-refractivity contribution in [3.05, 3.63) is 30.0 Å². The molecule has 3 rings (SSSR count). The minimum absolute atomic E-state index is 0.0453. The van der Waals surface area contributed by atoms with Gasteiger partial charge in [0.15, 0.2) is 0 Å². The van der Waals surface area contributed by atoms with E-state index in [4.69, 9.17) is 15.1 Å². The smallest absolute Gasteiger partial charge is 0.232 e. The highest BCUT2D eigenvalue weighted by Gasteiger charge is 2.36. The number of nitriles is 1. The third-order valence-electron chi connectivity index (χ3n) is 3.58. The standard InChI is InChI=1S/C14H11ClN2O4S/c15-22(19,20)8-9-5-13(18)17(7-9)14-10-3-1-2-4-11(10)21-12(14)6-16/h1-4,9H,5,7-8H2. The Bertz CT molecular complexity index is 897. The average Bonchev–Trinajstić information content (AvgIpc) is 2.96. The van der Waals surface area contributed by atoms with E-state index in [1.807, 2.05) is 6.07 Å². The monoisotopic (exact) mass is 338 g/mol. The Morgan fingerprint density at radius 2 is 2.14 bits per heavy atom.